The van der Waals surface area contributed by atoms with Gasteiger partial charge in [-0.3, -0.25) is 0 Å². The fourth-order valence-corrected chi connectivity index (χ4v) is 2.61. The van der Waals surface area contributed by atoms with E-state index in [4.69, 9.17) is 32.0 Å². The highest BCUT2D eigenvalue weighted by atomic mass is 35.5. The van der Waals surface area contributed by atoms with E-state index in [0.29, 0.717) is 21.7 Å². The lowest BCUT2D eigenvalue weighted by Crippen LogP contribution is -1.72. The highest BCUT2D eigenvalue weighted by Gasteiger charge is 2.17. The number of para-hydroxylation sites is 1. The number of fused-ring (bicyclic) bond motifs is 5. The maximum absolute atomic E-state index is 6.20. The number of rotatable bonds is 0. The van der Waals surface area contributed by atoms with Crippen LogP contribution in [-0.4, -0.2) is 4.98 Å². The number of aromatic nitrogens is 1. The van der Waals surface area contributed by atoms with Gasteiger partial charge >= 0.3 is 0 Å². The van der Waals surface area contributed by atoms with Crippen LogP contribution in [0.1, 0.15) is 0 Å². The predicted molar refractivity (Wildman–Crippen MR) is 71.3 cm³/mol. The number of hydrogen-bond donors (Lipinski definition) is 0. The maximum atomic E-state index is 6.20. The Labute approximate surface area is 111 Å². The average molecular weight is 278 g/mol. The monoisotopic (exact) mass is 277 g/mol. The van der Waals surface area contributed by atoms with Crippen LogP contribution in [0.15, 0.2) is 39.2 Å². The van der Waals surface area contributed by atoms with Crippen molar-refractivity contribution in [2.45, 2.75) is 0 Å². The minimum atomic E-state index is 0.0962. The molecule has 0 saturated carbocycles. The maximum Gasteiger partial charge on any atom is 0.293 e. The molecule has 0 bridgehead atoms. The molecule has 3 nitrogen and oxygen atoms in total. The number of furan rings is 1. The van der Waals surface area contributed by atoms with E-state index >= 15 is 0 Å². The van der Waals surface area contributed by atoms with Crippen LogP contribution in [0.5, 0.6) is 0 Å². The molecule has 0 unspecified atom stereocenters. The van der Waals surface area contributed by atoms with Crippen LogP contribution < -0.4 is 0 Å². The van der Waals surface area contributed by atoms with Crippen molar-refractivity contribution >= 4 is 56.2 Å². The molecule has 0 fully saturated rings. The Hall–Kier alpha value is -1.71. The van der Waals surface area contributed by atoms with Gasteiger partial charge in [-0.05, 0) is 23.7 Å². The van der Waals surface area contributed by atoms with Crippen molar-refractivity contribution in [2.75, 3.05) is 0 Å². The van der Waals surface area contributed by atoms with Gasteiger partial charge in [-0.25, -0.2) is 0 Å². The quantitative estimate of drug-likeness (QED) is 0.452. The third-order valence-electron chi connectivity index (χ3n) is 2.93. The minimum Gasteiger partial charge on any atom is -0.454 e. The molecule has 0 aliphatic carbocycles. The lowest BCUT2D eigenvalue weighted by molar-refractivity contribution is 0.607. The first-order valence-electron chi connectivity index (χ1n) is 5.30. The van der Waals surface area contributed by atoms with Crippen LogP contribution in [0.4, 0.5) is 0 Å². The normalized spacial score (nSPS) is 11.9. The van der Waals surface area contributed by atoms with Gasteiger partial charge in [0.05, 0.1) is 10.4 Å². The Morgan fingerprint density at radius 2 is 1.83 bits per heavy atom. The summed E-state index contributed by atoms with van der Waals surface area (Å²) in [6.07, 6.45) is 0. The second kappa shape index (κ2) is 3.40. The summed E-state index contributed by atoms with van der Waals surface area (Å²) in [5, 5.41) is 2.35. The van der Waals surface area contributed by atoms with Gasteiger partial charge in [0.2, 0.25) is 0 Å². The summed E-state index contributed by atoms with van der Waals surface area (Å²) in [6, 6.07) is 9.37. The van der Waals surface area contributed by atoms with Crippen molar-refractivity contribution in [3.05, 3.63) is 40.7 Å². The van der Waals surface area contributed by atoms with E-state index in [1.165, 1.54) is 0 Å². The molecule has 0 radical (unpaired) electrons. The van der Waals surface area contributed by atoms with E-state index < -0.39 is 0 Å². The zero-order chi connectivity index (χ0) is 12.3. The summed E-state index contributed by atoms with van der Waals surface area (Å²) in [5.74, 6) is 0. The zero-order valence-electron chi connectivity index (χ0n) is 8.91. The predicted octanol–water partition coefficient (Wildman–Crippen LogP) is 5.03. The van der Waals surface area contributed by atoms with Crippen molar-refractivity contribution in [3.8, 4) is 0 Å². The summed E-state index contributed by atoms with van der Waals surface area (Å²) in [7, 11) is 0. The first kappa shape index (κ1) is 10.2. The van der Waals surface area contributed by atoms with Gasteiger partial charge in [0.15, 0.2) is 11.2 Å². The molecule has 0 aliphatic rings. The molecule has 0 N–H and O–H groups in total. The van der Waals surface area contributed by atoms with Crippen molar-refractivity contribution < 1.29 is 8.83 Å². The molecule has 0 aliphatic heterocycles. The zero-order valence-corrected chi connectivity index (χ0v) is 10.4. The molecule has 0 saturated heterocycles. The third-order valence-corrected chi connectivity index (χ3v) is 3.37. The lowest BCUT2D eigenvalue weighted by atomic mass is 10.1. The molecule has 88 valence electrons. The second-order valence-corrected chi connectivity index (χ2v) is 4.71. The van der Waals surface area contributed by atoms with E-state index in [-0.39, 0.29) is 5.35 Å². The van der Waals surface area contributed by atoms with Crippen LogP contribution in [0, 0.1) is 0 Å². The van der Waals surface area contributed by atoms with Gasteiger partial charge in [-0.15, -0.1) is 0 Å². The topological polar surface area (TPSA) is 39.2 Å². The van der Waals surface area contributed by atoms with Crippen LogP contribution in [-0.2, 0) is 0 Å². The van der Waals surface area contributed by atoms with Crippen LogP contribution in [0.3, 0.4) is 0 Å². The first-order valence-corrected chi connectivity index (χ1v) is 6.05. The number of oxazole rings is 1. The van der Waals surface area contributed by atoms with Crippen molar-refractivity contribution in [3.63, 3.8) is 0 Å². The molecular weight excluding hydrogens is 273 g/mol. The molecule has 0 spiro atoms. The van der Waals surface area contributed by atoms with Crippen molar-refractivity contribution in [1.82, 2.24) is 4.98 Å². The second-order valence-electron chi connectivity index (χ2n) is 3.98. The van der Waals surface area contributed by atoms with Crippen LogP contribution in [0.2, 0.25) is 10.4 Å². The molecule has 4 rings (SSSR count). The Balaban J connectivity index is 2.40. The molecule has 0 amide bonds. The Morgan fingerprint density at radius 3 is 2.72 bits per heavy atom. The van der Waals surface area contributed by atoms with Gasteiger partial charge in [-0.1, -0.05) is 29.8 Å². The molecule has 0 atom stereocenters. The average Bonchev–Trinajstić information content (AvgIpc) is 2.89. The third kappa shape index (κ3) is 1.23. The van der Waals surface area contributed by atoms with E-state index in [2.05, 4.69) is 4.98 Å². The fourth-order valence-electron chi connectivity index (χ4n) is 2.21. The summed E-state index contributed by atoms with van der Waals surface area (Å²) < 4.78 is 11.2. The minimum absolute atomic E-state index is 0.0962. The summed E-state index contributed by atoms with van der Waals surface area (Å²) in [6.45, 7) is 0. The molecule has 2 aromatic carbocycles. The highest BCUT2D eigenvalue weighted by molar-refractivity contribution is 6.38. The van der Waals surface area contributed by atoms with E-state index in [0.717, 1.165) is 16.4 Å². The largest absolute Gasteiger partial charge is 0.454 e. The van der Waals surface area contributed by atoms with Gasteiger partial charge in [0.25, 0.3) is 5.35 Å². The van der Waals surface area contributed by atoms with E-state index in [9.17, 15) is 0 Å². The van der Waals surface area contributed by atoms with E-state index in [1.54, 1.807) is 6.07 Å². The number of benzene rings is 2. The van der Waals surface area contributed by atoms with Crippen molar-refractivity contribution in [2.24, 2.45) is 0 Å². The molecule has 2 heterocycles. The van der Waals surface area contributed by atoms with Gasteiger partial charge < -0.3 is 8.83 Å². The number of halogens is 2. The molecule has 2 aromatic heterocycles. The van der Waals surface area contributed by atoms with Gasteiger partial charge in [0, 0.05) is 5.39 Å². The highest BCUT2D eigenvalue weighted by Crippen LogP contribution is 2.39. The van der Waals surface area contributed by atoms with E-state index in [1.807, 2.05) is 24.3 Å². The Morgan fingerprint density at radius 1 is 1.00 bits per heavy atom. The van der Waals surface area contributed by atoms with Gasteiger partial charge in [-0.2, -0.15) is 4.98 Å². The molecular formula is C13H5Cl2NO2. The standard InChI is InChI=1S/C13H5Cl2NO2/c14-7-5-8-12(18-13(15)16-8)10-6-3-1-2-4-9(6)17-11(7)10/h1-5H. The fraction of sp³-hybridized carbons (Fsp3) is 0. The number of hydrogen-bond acceptors (Lipinski definition) is 3. The Bertz CT molecular complexity index is 907. The molecule has 4 aromatic rings. The SMILES string of the molecule is Clc1nc2cc(Cl)c3oc4ccccc4c3c2o1. The summed E-state index contributed by atoms with van der Waals surface area (Å²) in [4.78, 5) is 4.08. The first-order chi connectivity index (χ1) is 8.74. The Kier molecular flexibility index (Phi) is 1.93. The van der Waals surface area contributed by atoms with Crippen LogP contribution >= 0.6 is 23.2 Å². The summed E-state index contributed by atoms with van der Waals surface area (Å²) >= 11 is 12.0. The molecule has 18 heavy (non-hydrogen) atoms. The smallest absolute Gasteiger partial charge is 0.293 e. The molecule has 5 heteroatoms. The van der Waals surface area contributed by atoms with Crippen molar-refractivity contribution in [1.29, 1.82) is 0 Å². The summed E-state index contributed by atoms with van der Waals surface area (Å²) in [5.41, 5.74) is 2.58. The number of nitrogens with zero attached hydrogens (tertiary/aromatic N) is 1. The van der Waals surface area contributed by atoms with Gasteiger partial charge in [0.1, 0.15) is 11.1 Å². The van der Waals surface area contributed by atoms with Crippen LogP contribution in [0.25, 0.3) is 33.0 Å². The lowest BCUT2D eigenvalue weighted by Gasteiger charge is -1.93.